The van der Waals surface area contributed by atoms with Crippen molar-refractivity contribution in [1.29, 1.82) is 0 Å². The zero-order valence-corrected chi connectivity index (χ0v) is 11.9. The van der Waals surface area contributed by atoms with E-state index in [4.69, 9.17) is 6.42 Å². The first-order valence-electron chi connectivity index (χ1n) is 6.68. The number of aliphatic hydroxyl groups excluding tert-OH is 1. The molecule has 1 atom stereocenters. The molecule has 1 N–H and O–H groups in total. The first kappa shape index (κ1) is 14.8. The molecule has 0 saturated heterocycles. The Kier molecular flexibility index (Phi) is 4.76. The van der Waals surface area contributed by atoms with Crippen LogP contribution in [0.4, 0.5) is 5.69 Å². The van der Waals surface area contributed by atoms with Crippen LogP contribution < -0.4 is 4.90 Å². The van der Waals surface area contributed by atoms with E-state index in [1.165, 1.54) is 4.90 Å². The third-order valence-corrected chi connectivity index (χ3v) is 3.33. The van der Waals surface area contributed by atoms with E-state index in [2.05, 4.69) is 5.92 Å². The van der Waals surface area contributed by atoms with Crippen molar-refractivity contribution in [3.8, 4) is 12.3 Å². The van der Waals surface area contributed by atoms with Crippen LogP contribution in [0.3, 0.4) is 0 Å². The van der Waals surface area contributed by atoms with Crippen molar-refractivity contribution in [3.05, 3.63) is 65.7 Å². The lowest BCUT2D eigenvalue weighted by atomic mass is 10.1. The standard InChI is InChI=1S/C18H17NO2/c1-3-14-8-7-11-16(12-14)19(2)18(21)13-17(20)15-9-5-4-6-10-15/h1,4-12,17,20H,13H2,2H3. The molecule has 0 saturated carbocycles. The highest BCUT2D eigenvalue weighted by atomic mass is 16.3. The van der Waals surface area contributed by atoms with Crippen LogP contribution in [0.2, 0.25) is 0 Å². The molecule has 0 aromatic heterocycles. The Bertz CT molecular complexity index is 658. The summed E-state index contributed by atoms with van der Waals surface area (Å²) < 4.78 is 0. The highest BCUT2D eigenvalue weighted by molar-refractivity contribution is 5.93. The van der Waals surface area contributed by atoms with Crippen LogP contribution >= 0.6 is 0 Å². The van der Waals surface area contributed by atoms with Crippen molar-refractivity contribution < 1.29 is 9.90 Å². The van der Waals surface area contributed by atoms with Crippen molar-refractivity contribution in [2.45, 2.75) is 12.5 Å². The molecule has 2 aromatic rings. The van der Waals surface area contributed by atoms with Gasteiger partial charge < -0.3 is 10.0 Å². The third-order valence-electron chi connectivity index (χ3n) is 3.33. The largest absolute Gasteiger partial charge is 0.388 e. The average Bonchev–Trinajstić information content (AvgIpc) is 2.54. The number of terminal acetylenes is 1. The lowest BCUT2D eigenvalue weighted by molar-refractivity contribution is -0.120. The van der Waals surface area contributed by atoms with E-state index < -0.39 is 6.10 Å². The van der Waals surface area contributed by atoms with Crippen LogP contribution in [0, 0.1) is 12.3 Å². The van der Waals surface area contributed by atoms with Gasteiger partial charge >= 0.3 is 0 Å². The summed E-state index contributed by atoms with van der Waals surface area (Å²) in [5.41, 5.74) is 2.17. The molecular formula is C18H17NO2. The molecule has 0 aliphatic heterocycles. The van der Waals surface area contributed by atoms with Gasteiger partial charge in [0.2, 0.25) is 5.91 Å². The second-order valence-corrected chi connectivity index (χ2v) is 4.78. The molecule has 0 heterocycles. The minimum absolute atomic E-state index is 0.0286. The monoisotopic (exact) mass is 279 g/mol. The first-order valence-corrected chi connectivity index (χ1v) is 6.68. The quantitative estimate of drug-likeness (QED) is 0.874. The molecule has 1 unspecified atom stereocenters. The first-order chi connectivity index (χ1) is 10.1. The fourth-order valence-corrected chi connectivity index (χ4v) is 2.04. The number of benzene rings is 2. The van der Waals surface area contributed by atoms with E-state index in [9.17, 15) is 9.90 Å². The highest BCUT2D eigenvalue weighted by Crippen LogP contribution is 2.20. The maximum absolute atomic E-state index is 12.2. The molecule has 3 nitrogen and oxygen atoms in total. The number of amides is 1. The van der Waals surface area contributed by atoms with Gasteiger partial charge in [0, 0.05) is 18.3 Å². The van der Waals surface area contributed by atoms with E-state index >= 15 is 0 Å². The van der Waals surface area contributed by atoms with Gasteiger partial charge in [0.15, 0.2) is 0 Å². The number of carbonyl (C=O) groups is 1. The molecule has 0 bridgehead atoms. The predicted octanol–water partition coefficient (Wildman–Crippen LogP) is 2.75. The van der Waals surface area contributed by atoms with E-state index in [1.807, 2.05) is 30.3 Å². The number of hydrogen-bond donors (Lipinski definition) is 1. The summed E-state index contributed by atoms with van der Waals surface area (Å²) in [6, 6.07) is 16.3. The summed E-state index contributed by atoms with van der Waals surface area (Å²) in [6.07, 6.45) is 4.58. The fraction of sp³-hybridized carbons (Fsp3) is 0.167. The van der Waals surface area contributed by atoms with Gasteiger partial charge in [-0.25, -0.2) is 0 Å². The Morgan fingerprint density at radius 2 is 1.95 bits per heavy atom. The Hall–Kier alpha value is -2.57. The summed E-state index contributed by atoms with van der Waals surface area (Å²) in [7, 11) is 1.68. The van der Waals surface area contributed by atoms with Crippen molar-refractivity contribution >= 4 is 11.6 Å². The van der Waals surface area contributed by atoms with Gasteiger partial charge in [-0.05, 0) is 23.8 Å². The predicted molar refractivity (Wildman–Crippen MR) is 83.8 cm³/mol. The van der Waals surface area contributed by atoms with Gasteiger partial charge in [0.25, 0.3) is 0 Å². The fourth-order valence-electron chi connectivity index (χ4n) is 2.04. The third kappa shape index (κ3) is 3.71. The minimum atomic E-state index is -0.808. The molecule has 2 aromatic carbocycles. The highest BCUT2D eigenvalue weighted by Gasteiger charge is 2.17. The number of nitrogens with zero attached hydrogens (tertiary/aromatic N) is 1. The topological polar surface area (TPSA) is 40.5 Å². The normalized spacial score (nSPS) is 11.5. The molecule has 0 radical (unpaired) electrons. The summed E-state index contributed by atoms with van der Waals surface area (Å²) in [5, 5.41) is 10.1. The molecule has 1 amide bonds. The molecule has 0 fully saturated rings. The number of carbonyl (C=O) groups excluding carboxylic acids is 1. The molecular weight excluding hydrogens is 262 g/mol. The van der Waals surface area contributed by atoms with E-state index in [0.717, 1.165) is 16.8 Å². The van der Waals surface area contributed by atoms with Crippen molar-refractivity contribution in [2.24, 2.45) is 0 Å². The second kappa shape index (κ2) is 6.74. The van der Waals surface area contributed by atoms with Gasteiger partial charge in [-0.15, -0.1) is 6.42 Å². The lowest BCUT2D eigenvalue weighted by Gasteiger charge is -2.19. The summed E-state index contributed by atoms with van der Waals surface area (Å²) in [4.78, 5) is 13.7. The van der Waals surface area contributed by atoms with E-state index in [1.54, 1.807) is 31.3 Å². The SMILES string of the molecule is C#Cc1cccc(N(C)C(=O)CC(O)c2ccccc2)c1. The van der Waals surface area contributed by atoms with Crippen LogP contribution in [0.15, 0.2) is 54.6 Å². The Balaban J connectivity index is 2.07. The Morgan fingerprint density at radius 3 is 2.62 bits per heavy atom. The van der Waals surface area contributed by atoms with E-state index in [-0.39, 0.29) is 12.3 Å². The molecule has 0 aliphatic rings. The zero-order valence-electron chi connectivity index (χ0n) is 11.9. The molecule has 2 rings (SSSR count). The minimum Gasteiger partial charge on any atom is -0.388 e. The summed E-state index contributed by atoms with van der Waals surface area (Å²) in [5.74, 6) is 2.37. The van der Waals surface area contributed by atoms with Crippen LogP contribution in [-0.4, -0.2) is 18.1 Å². The number of aliphatic hydroxyl groups is 1. The maximum Gasteiger partial charge on any atom is 0.229 e. The summed E-state index contributed by atoms with van der Waals surface area (Å²) >= 11 is 0. The molecule has 0 aliphatic carbocycles. The van der Waals surface area contributed by atoms with Crippen molar-refractivity contribution in [1.82, 2.24) is 0 Å². The molecule has 0 spiro atoms. The maximum atomic E-state index is 12.2. The van der Waals surface area contributed by atoms with Gasteiger partial charge in [-0.2, -0.15) is 0 Å². The number of rotatable bonds is 4. The van der Waals surface area contributed by atoms with Gasteiger partial charge in [0.1, 0.15) is 0 Å². The second-order valence-electron chi connectivity index (χ2n) is 4.78. The van der Waals surface area contributed by atoms with Gasteiger partial charge in [-0.1, -0.05) is 42.3 Å². The number of hydrogen-bond acceptors (Lipinski definition) is 2. The van der Waals surface area contributed by atoms with Gasteiger partial charge in [-0.3, -0.25) is 4.79 Å². The molecule has 3 heteroatoms. The van der Waals surface area contributed by atoms with E-state index in [0.29, 0.717) is 0 Å². The van der Waals surface area contributed by atoms with Crippen LogP contribution in [0.5, 0.6) is 0 Å². The summed E-state index contributed by atoms with van der Waals surface area (Å²) in [6.45, 7) is 0. The van der Waals surface area contributed by atoms with Crippen LogP contribution in [-0.2, 0) is 4.79 Å². The molecule has 106 valence electrons. The molecule has 21 heavy (non-hydrogen) atoms. The number of anilines is 1. The van der Waals surface area contributed by atoms with Gasteiger partial charge in [0.05, 0.1) is 12.5 Å². The van der Waals surface area contributed by atoms with Crippen LogP contribution in [0.1, 0.15) is 23.7 Å². The Morgan fingerprint density at radius 1 is 1.24 bits per heavy atom. The smallest absolute Gasteiger partial charge is 0.229 e. The van der Waals surface area contributed by atoms with Crippen molar-refractivity contribution in [2.75, 3.05) is 11.9 Å². The average molecular weight is 279 g/mol. The zero-order chi connectivity index (χ0) is 15.2. The van der Waals surface area contributed by atoms with Crippen LogP contribution in [0.25, 0.3) is 0 Å². The van der Waals surface area contributed by atoms with Crippen molar-refractivity contribution in [3.63, 3.8) is 0 Å². The lowest BCUT2D eigenvalue weighted by Crippen LogP contribution is -2.27. The Labute approximate surface area is 124 Å².